The molecule has 0 fully saturated rings. The number of anilines is 1. The van der Waals surface area contributed by atoms with Gasteiger partial charge in [-0.15, -0.1) is 13.2 Å². The molecule has 7 nitrogen and oxygen atoms in total. The van der Waals surface area contributed by atoms with E-state index in [-0.39, 0.29) is 11.3 Å². The van der Waals surface area contributed by atoms with Gasteiger partial charge in [-0.05, 0) is 64.7 Å². The van der Waals surface area contributed by atoms with Gasteiger partial charge in [-0.2, -0.15) is 5.10 Å². The Balaban J connectivity index is 1.94. The molecule has 1 amide bonds. The Hall–Kier alpha value is -3.52. The summed E-state index contributed by atoms with van der Waals surface area (Å²) in [5.41, 5.74) is 12.2. The molecule has 0 aliphatic rings. The van der Waals surface area contributed by atoms with Crippen LogP contribution in [0.3, 0.4) is 0 Å². The van der Waals surface area contributed by atoms with Crippen LogP contribution in [0, 0.1) is 0 Å². The van der Waals surface area contributed by atoms with Crippen molar-refractivity contribution in [1.82, 2.24) is 0 Å². The number of hydrazone groups is 1. The summed E-state index contributed by atoms with van der Waals surface area (Å²) < 4.78 is 39.9. The molecule has 2 aromatic carbocycles. The van der Waals surface area contributed by atoms with Gasteiger partial charge in [0.2, 0.25) is 5.91 Å². The van der Waals surface area contributed by atoms with Crippen LogP contribution in [0.25, 0.3) is 10.4 Å². The maximum Gasteiger partial charge on any atom is 0.573 e. The fraction of sp³-hybridized carbons (Fsp3) is 0.0667. The Bertz CT molecular complexity index is 811. The highest BCUT2D eigenvalue weighted by Gasteiger charge is 2.30. The molecule has 2 rings (SSSR count). The number of benzene rings is 2. The van der Waals surface area contributed by atoms with E-state index in [1.54, 1.807) is 12.1 Å². The largest absolute Gasteiger partial charge is 0.573 e. The minimum atomic E-state index is -4.73. The van der Waals surface area contributed by atoms with E-state index in [1.807, 2.05) is 0 Å². The van der Waals surface area contributed by atoms with Gasteiger partial charge in [0.05, 0.1) is 11.9 Å². The van der Waals surface area contributed by atoms with Gasteiger partial charge < -0.3 is 4.74 Å². The zero-order valence-electron chi connectivity index (χ0n) is 12.4. The van der Waals surface area contributed by atoms with Crippen molar-refractivity contribution in [3.05, 3.63) is 70.1 Å². The highest BCUT2D eigenvalue weighted by Crippen LogP contribution is 2.22. The van der Waals surface area contributed by atoms with Crippen molar-refractivity contribution < 1.29 is 22.7 Å². The van der Waals surface area contributed by atoms with Crippen molar-refractivity contribution in [1.29, 1.82) is 0 Å². The first-order valence-corrected chi connectivity index (χ1v) is 6.72. The number of azide groups is 1. The average molecular weight is 349 g/mol. The number of carbonyl (C=O) groups excluding carboxylic acids is 1. The molecule has 0 radical (unpaired) electrons. The maximum atomic E-state index is 12.1. The Morgan fingerprint density at radius 1 is 1.12 bits per heavy atom. The van der Waals surface area contributed by atoms with Crippen LogP contribution in [0.1, 0.15) is 15.9 Å². The molecular weight excluding hydrogens is 339 g/mol. The molecule has 10 heteroatoms. The predicted octanol–water partition coefficient (Wildman–Crippen LogP) is 4.48. The smallest absolute Gasteiger partial charge is 0.406 e. The third kappa shape index (κ3) is 5.88. The number of carbonyl (C=O) groups is 1. The average Bonchev–Trinajstić information content (AvgIpc) is 2.56. The van der Waals surface area contributed by atoms with E-state index >= 15 is 0 Å². The zero-order chi connectivity index (χ0) is 18.3. The fourth-order valence-electron chi connectivity index (χ4n) is 1.72. The number of halogens is 3. The van der Waals surface area contributed by atoms with Crippen LogP contribution in [0.15, 0.2) is 58.7 Å². The molecule has 1 N–H and O–H groups in total. The molecular formula is C15H10F3N5O2. The van der Waals surface area contributed by atoms with E-state index in [4.69, 9.17) is 5.53 Å². The lowest BCUT2D eigenvalue weighted by Crippen LogP contribution is -2.17. The van der Waals surface area contributed by atoms with Gasteiger partial charge in [0.25, 0.3) is 0 Å². The van der Waals surface area contributed by atoms with Gasteiger partial charge in [-0.3, -0.25) is 10.2 Å². The lowest BCUT2D eigenvalue weighted by atomic mass is 10.2. The second-order valence-electron chi connectivity index (χ2n) is 4.56. The number of nitrogens with zero attached hydrogens (tertiary/aromatic N) is 4. The van der Waals surface area contributed by atoms with Crippen molar-refractivity contribution in [3.63, 3.8) is 0 Å². The lowest BCUT2D eigenvalue weighted by molar-refractivity contribution is -0.274. The molecule has 0 aliphatic heterocycles. The van der Waals surface area contributed by atoms with Crippen LogP contribution < -0.4 is 10.2 Å². The summed E-state index contributed by atoms with van der Waals surface area (Å²) in [5.74, 6) is -1.02. The van der Waals surface area contributed by atoms with E-state index in [0.29, 0.717) is 11.3 Å². The number of rotatable bonds is 5. The van der Waals surface area contributed by atoms with Gasteiger partial charge >= 0.3 is 6.36 Å². The second kappa shape index (κ2) is 7.84. The van der Waals surface area contributed by atoms with Crippen molar-refractivity contribution in [3.8, 4) is 5.75 Å². The number of amides is 1. The third-order valence-corrected chi connectivity index (χ3v) is 2.79. The zero-order valence-corrected chi connectivity index (χ0v) is 12.4. The van der Waals surface area contributed by atoms with Gasteiger partial charge in [-0.25, -0.2) is 0 Å². The number of alkyl halides is 3. The molecule has 0 saturated heterocycles. The predicted molar refractivity (Wildman–Crippen MR) is 84.3 cm³/mol. The van der Waals surface area contributed by atoms with Crippen molar-refractivity contribution in [2.75, 3.05) is 5.43 Å². The highest BCUT2D eigenvalue weighted by atomic mass is 19.4. The molecule has 0 bridgehead atoms. The number of ether oxygens (including phenoxy) is 1. The summed E-state index contributed by atoms with van der Waals surface area (Å²) in [6.45, 7) is 0. The Labute approximate surface area is 139 Å². The van der Waals surface area contributed by atoms with E-state index in [9.17, 15) is 18.0 Å². The Kier molecular flexibility index (Phi) is 5.59. The summed E-state index contributed by atoms with van der Waals surface area (Å²) in [7, 11) is 0. The first kappa shape index (κ1) is 17.8. The minimum Gasteiger partial charge on any atom is -0.406 e. The normalized spacial score (nSPS) is 11.0. The van der Waals surface area contributed by atoms with Gasteiger partial charge in [0, 0.05) is 10.5 Å². The molecule has 0 aromatic heterocycles. The van der Waals surface area contributed by atoms with E-state index in [0.717, 1.165) is 0 Å². The number of hydrogen-bond acceptors (Lipinski definition) is 4. The first-order valence-electron chi connectivity index (χ1n) is 6.72. The number of hydrogen-bond donors (Lipinski definition) is 1. The van der Waals surface area contributed by atoms with Crippen molar-refractivity contribution in [2.45, 2.75) is 6.36 Å². The third-order valence-electron chi connectivity index (χ3n) is 2.79. The maximum absolute atomic E-state index is 12.1. The van der Waals surface area contributed by atoms with Crippen LogP contribution in [-0.2, 0) is 0 Å². The molecule has 128 valence electrons. The number of nitrogens with one attached hydrogen (secondary N) is 1. The minimum absolute atomic E-state index is 0.229. The van der Waals surface area contributed by atoms with Crippen LogP contribution in [0.2, 0.25) is 0 Å². The second-order valence-corrected chi connectivity index (χ2v) is 4.56. The quantitative estimate of drug-likeness (QED) is 0.283. The fourth-order valence-corrected chi connectivity index (χ4v) is 1.72. The van der Waals surface area contributed by atoms with E-state index in [1.165, 1.54) is 42.6 Å². The summed E-state index contributed by atoms with van der Waals surface area (Å²) in [5, 5.41) is 6.89. The van der Waals surface area contributed by atoms with Gasteiger partial charge in [0.15, 0.2) is 0 Å². The topological polar surface area (TPSA) is 99.5 Å². The first-order chi connectivity index (χ1) is 11.9. The summed E-state index contributed by atoms with van der Waals surface area (Å²) in [6.07, 6.45) is -3.33. The molecule has 0 unspecified atom stereocenters. The van der Waals surface area contributed by atoms with Crippen molar-refractivity contribution >= 4 is 17.8 Å². The van der Waals surface area contributed by atoms with Gasteiger partial charge in [0.1, 0.15) is 5.75 Å². The lowest BCUT2D eigenvalue weighted by Gasteiger charge is -2.08. The molecule has 0 heterocycles. The summed E-state index contributed by atoms with van der Waals surface area (Å²) >= 11 is 0. The summed E-state index contributed by atoms with van der Waals surface area (Å²) in [6, 6.07) is 11.2. The molecule has 0 atom stereocenters. The summed E-state index contributed by atoms with van der Waals surface area (Å²) in [4.78, 5) is 13.7. The molecule has 0 spiro atoms. The molecule has 0 saturated carbocycles. The molecule has 2 aromatic rings. The molecule has 25 heavy (non-hydrogen) atoms. The molecule has 0 aliphatic carbocycles. The van der Waals surface area contributed by atoms with Gasteiger partial charge in [-0.1, -0.05) is 0 Å². The SMILES string of the molecule is [N-]=[N+]=NC(=O)c1ccc(NN=Cc2ccc(OC(F)(F)F)cc2)cc1. The Morgan fingerprint density at radius 3 is 2.32 bits per heavy atom. The van der Waals surface area contributed by atoms with E-state index < -0.39 is 12.3 Å². The van der Waals surface area contributed by atoms with Crippen LogP contribution in [-0.4, -0.2) is 18.5 Å². The Morgan fingerprint density at radius 2 is 1.76 bits per heavy atom. The van der Waals surface area contributed by atoms with Crippen LogP contribution >= 0.6 is 0 Å². The van der Waals surface area contributed by atoms with Crippen molar-refractivity contribution in [2.24, 2.45) is 10.2 Å². The van der Waals surface area contributed by atoms with E-state index in [2.05, 4.69) is 25.3 Å². The van der Waals surface area contributed by atoms with Crippen LogP contribution in [0.5, 0.6) is 5.75 Å². The standard InChI is InChI=1S/C15H10F3N5O2/c16-15(17,18)25-13-7-1-10(2-8-13)9-20-21-12-5-3-11(4-6-12)14(24)22-23-19/h1-9,21H. The van der Waals surface area contributed by atoms with Crippen LogP contribution in [0.4, 0.5) is 18.9 Å². The highest BCUT2D eigenvalue weighted by molar-refractivity contribution is 5.95. The monoisotopic (exact) mass is 349 g/mol.